The van der Waals surface area contributed by atoms with Gasteiger partial charge >= 0.3 is 0 Å². The Bertz CT molecular complexity index is 1560. The van der Waals surface area contributed by atoms with E-state index in [1.807, 2.05) is 18.2 Å². The van der Waals surface area contributed by atoms with E-state index in [0.29, 0.717) is 21.8 Å². The molecule has 7 nitrogen and oxygen atoms in total. The molecule has 3 aromatic carbocycles. The van der Waals surface area contributed by atoms with Crippen LogP contribution in [-0.4, -0.2) is 25.8 Å². The fraction of sp³-hybridized carbons (Fsp3) is 0.143. The van der Waals surface area contributed by atoms with E-state index in [0.717, 1.165) is 36.5 Å². The molecule has 0 radical (unpaired) electrons. The van der Waals surface area contributed by atoms with Crippen LogP contribution in [0.5, 0.6) is 0 Å². The smallest absolute Gasteiger partial charge is 0.261 e. The van der Waals surface area contributed by atoms with E-state index in [1.54, 1.807) is 42.5 Å². The van der Waals surface area contributed by atoms with Gasteiger partial charge in [-0.3, -0.25) is 14.4 Å². The van der Waals surface area contributed by atoms with Gasteiger partial charge in [-0.2, -0.15) is 5.26 Å². The molecule has 0 bridgehead atoms. The zero-order valence-corrected chi connectivity index (χ0v) is 21.5. The molecular formula is C28H24N4O3S2. The summed E-state index contributed by atoms with van der Waals surface area (Å²) in [5.74, 6) is -0.353. The van der Waals surface area contributed by atoms with Crippen molar-refractivity contribution in [3.05, 3.63) is 112 Å². The highest BCUT2D eigenvalue weighted by Gasteiger charge is 2.25. The van der Waals surface area contributed by atoms with Gasteiger partial charge in [0.25, 0.3) is 15.9 Å². The van der Waals surface area contributed by atoms with Crippen molar-refractivity contribution in [1.29, 1.82) is 5.26 Å². The van der Waals surface area contributed by atoms with Crippen LogP contribution in [0.15, 0.2) is 89.8 Å². The quantitative estimate of drug-likeness (QED) is 0.342. The first-order chi connectivity index (χ1) is 17.9. The maximum atomic E-state index is 13.0. The molecule has 0 fully saturated rings. The lowest BCUT2D eigenvalue weighted by Crippen LogP contribution is -2.29. The fourth-order valence-corrected chi connectivity index (χ4v) is 6.63. The minimum Gasteiger partial charge on any atom is -0.312 e. The second kappa shape index (κ2) is 10.6. The number of carbonyl (C=O) groups excluding carboxylic acids is 1. The van der Waals surface area contributed by atoms with Crippen LogP contribution < -0.4 is 10.0 Å². The van der Waals surface area contributed by atoms with E-state index >= 15 is 0 Å². The standard InChI is InChI=1S/C28H24N4O3S2/c29-17-25-24-15-16-32(18-20-7-3-1-4-8-20)19-26(24)36-28(25)30-27(33)21-11-13-22(14-12-21)31-37(34,35)23-9-5-2-6-10-23/h1-14,31H,15-16,18-19H2,(H,30,33). The van der Waals surface area contributed by atoms with Gasteiger partial charge in [-0.05, 0) is 53.9 Å². The van der Waals surface area contributed by atoms with Gasteiger partial charge < -0.3 is 5.32 Å². The molecule has 2 heterocycles. The van der Waals surface area contributed by atoms with Crippen molar-refractivity contribution in [3.63, 3.8) is 0 Å². The molecule has 9 heteroatoms. The molecule has 0 aliphatic carbocycles. The Labute approximate surface area is 220 Å². The Hall–Kier alpha value is -3.97. The van der Waals surface area contributed by atoms with Crippen LogP contribution in [0.25, 0.3) is 0 Å². The molecule has 0 saturated carbocycles. The largest absolute Gasteiger partial charge is 0.312 e. The van der Waals surface area contributed by atoms with Crippen molar-refractivity contribution in [2.75, 3.05) is 16.6 Å². The van der Waals surface area contributed by atoms with Crippen LogP contribution >= 0.6 is 11.3 Å². The van der Waals surface area contributed by atoms with Crippen LogP contribution in [0.1, 0.15) is 31.9 Å². The number of carbonyl (C=O) groups is 1. The molecule has 2 N–H and O–H groups in total. The molecule has 0 saturated heterocycles. The topological polar surface area (TPSA) is 102 Å². The summed E-state index contributed by atoms with van der Waals surface area (Å²) in [6, 6.07) is 26.8. The van der Waals surface area contributed by atoms with Crippen LogP contribution in [-0.2, 0) is 29.5 Å². The Morgan fingerprint density at radius 1 is 0.973 bits per heavy atom. The lowest BCUT2D eigenvalue weighted by Gasteiger charge is -2.26. The number of hydrogen-bond donors (Lipinski definition) is 2. The Morgan fingerprint density at radius 2 is 1.65 bits per heavy atom. The third-order valence-corrected chi connectivity index (χ3v) is 8.71. The first-order valence-corrected chi connectivity index (χ1v) is 14.0. The van der Waals surface area contributed by atoms with Gasteiger partial charge in [0, 0.05) is 35.8 Å². The predicted octanol–water partition coefficient (Wildman–Crippen LogP) is 5.23. The maximum Gasteiger partial charge on any atom is 0.261 e. The molecule has 37 heavy (non-hydrogen) atoms. The molecule has 1 amide bonds. The Kier molecular flexibility index (Phi) is 7.06. The number of nitriles is 1. The number of fused-ring (bicyclic) bond motifs is 1. The normalized spacial score (nSPS) is 13.4. The lowest BCUT2D eigenvalue weighted by molar-refractivity contribution is 0.102. The average molecular weight is 529 g/mol. The van der Waals surface area contributed by atoms with Crippen molar-refractivity contribution >= 4 is 38.0 Å². The number of amides is 1. The summed E-state index contributed by atoms with van der Waals surface area (Å²) in [5, 5.41) is 13.3. The number of anilines is 2. The second-order valence-electron chi connectivity index (χ2n) is 8.72. The highest BCUT2D eigenvalue weighted by Crippen LogP contribution is 2.37. The molecule has 0 spiro atoms. The summed E-state index contributed by atoms with van der Waals surface area (Å²) in [6.45, 7) is 2.42. The van der Waals surface area contributed by atoms with Crippen LogP contribution in [0.2, 0.25) is 0 Å². The Morgan fingerprint density at radius 3 is 2.32 bits per heavy atom. The summed E-state index contributed by atoms with van der Waals surface area (Å²) < 4.78 is 27.6. The van der Waals surface area contributed by atoms with Crippen LogP contribution in [0.3, 0.4) is 0 Å². The van der Waals surface area contributed by atoms with E-state index in [4.69, 9.17) is 0 Å². The lowest BCUT2D eigenvalue weighted by atomic mass is 10.0. The number of nitrogens with zero attached hydrogens (tertiary/aromatic N) is 2. The molecule has 0 atom stereocenters. The molecule has 1 aliphatic rings. The Balaban J connectivity index is 1.27. The van der Waals surface area contributed by atoms with Gasteiger partial charge in [0.15, 0.2) is 0 Å². The predicted molar refractivity (Wildman–Crippen MR) is 145 cm³/mol. The summed E-state index contributed by atoms with van der Waals surface area (Å²) in [5.41, 5.74) is 3.50. The fourth-order valence-electron chi connectivity index (χ4n) is 4.32. The van der Waals surface area contributed by atoms with E-state index in [-0.39, 0.29) is 10.8 Å². The van der Waals surface area contributed by atoms with Gasteiger partial charge in [-0.25, -0.2) is 8.42 Å². The SMILES string of the molecule is N#Cc1c(NC(=O)c2ccc(NS(=O)(=O)c3ccccc3)cc2)sc2c1CCN(Cc1ccccc1)C2. The van der Waals surface area contributed by atoms with Gasteiger partial charge in [0.05, 0.1) is 10.5 Å². The van der Waals surface area contributed by atoms with E-state index in [1.165, 1.54) is 29.0 Å². The van der Waals surface area contributed by atoms with Crippen LogP contribution in [0, 0.1) is 11.3 Å². The number of benzene rings is 3. The van der Waals surface area contributed by atoms with E-state index < -0.39 is 10.0 Å². The highest BCUT2D eigenvalue weighted by molar-refractivity contribution is 7.92. The molecular weight excluding hydrogens is 504 g/mol. The zero-order valence-electron chi connectivity index (χ0n) is 19.8. The number of thiophene rings is 1. The number of hydrogen-bond acceptors (Lipinski definition) is 6. The van der Waals surface area contributed by atoms with Gasteiger partial charge in [0.1, 0.15) is 11.1 Å². The molecule has 5 rings (SSSR count). The highest BCUT2D eigenvalue weighted by atomic mass is 32.2. The van der Waals surface area contributed by atoms with Crippen LogP contribution in [0.4, 0.5) is 10.7 Å². The summed E-state index contributed by atoms with van der Waals surface area (Å²) in [6.07, 6.45) is 0.758. The maximum absolute atomic E-state index is 13.0. The molecule has 0 unspecified atom stereocenters. The summed E-state index contributed by atoms with van der Waals surface area (Å²) >= 11 is 1.44. The van der Waals surface area contributed by atoms with Gasteiger partial charge in [-0.15, -0.1) is 11.3 Å². The summed E-state index contributed by atoms with van der Waals surface area (Å²) in [7, 11) is -3.72. The molecule has 186 valence electrons. The first-order valence-electron chi connectivity index (χ1n) is 11.7. The summed E-state index contributed by atoms with van der Waals surface area (Å²) in [4.78, 5) is 16.6. The minimum atomic E-state index is -3.72. The zero-order chi connectivity index (χ0) is 25.8. The van der Waals surface area contributed by atoms with Crippen molar-refractivity contribution in [3.8, 4) is 6.07 Å². The number of rotatable bonds is 7. The van der Waals surface area contributed by atoms with Gasteiger partial charge in [-0.1, -0.05) is 48.5 Å². The van der Waals surface area contributed by atoms with Gasteiger partial charge in [0.2, 0.25) is 0 Å². The molecule has 4 aromatic rings. The van der Waals surface area contributed by atoms with E-state index in [2.05, 4.69) is 33.1 Å². The van der Waals surface area contributed by atoms with Crippen molar-refractivity contribution < 1.29 is 13.2 Å². The number of nitrogens with one attached hydrogen (secondary N) is 2. The minimum absolute atomic E-state index is 0.157. The first kappa shape index (κ1) is 24.7. The van der Waals surface area contributed by atoms with Crippen molar-refractivity contribution in [2.24, 2.45) is 0 Å². The molecule has 1 aliphatic heterocycles. The number of sulfonamides is 1. The van der Waals surface area contributed by atoms with E-state index in [9.17, 15) is 18.5 Å². The average Bonchev–Trinajstić information content (AvgIpc) is 3.26. The second-order valence-corrected chi connectivity index (χ2v) is 11.5. The van der Waals surface area contributed by atoms with Crippen molar-refractivity contribution in [1.82, 2.24) is 4.90 Å². The van der Waals surface area contributed by atoms with Crippen molar-refractivity contribution in [2.45, 2.75) is 24.4 Å². The third kappa shape index (κ3) is 5.57. The monoisotopic (exact) mass is 528 g/mol. The third-order valence-electron chi connectivity index (χ3n) is 6.18. The molecule has 1 aromatic heterocycles.